The predicted molar refractivity (Wildman–Crippen MR) is 84.7 cm³/mol. The third-order valence-electron chi connectivity index (χ3n) is 3.09. The highest BCUT2D eigenvalue weighted by atomic mass is 16.5. The van der Waals surface area contributed by atoms with Crippen molar-refractivity contribution >= 4 is 5.91 Å². The van der Waals surface area contributed by atoms with Gasteiger partial charge in [-0.25, -0.2) is 0 Å². The fourth-order valence-corrected chi connectivity index (χ4v) is 1.92. The summed E-state index contributed by atoms with van der Waals surface area (Å²) in [5, 5.41) is 2.94. The molecule has 0 aliphatic heterocycles. The number of carbonyl (C=O) groups excluding carboxylic acids is 1. The minimum absolute atomic E-state index is 0.0450. The lowest BCUT2D eigenvalue weighted by atomic mass is 10.1. The molecule has 0 bridgehead atoms. The second-order valence-corrected chi connectivity index (χ2v) is 5.33. The second-order valence-electron chi connectivity index (χ2n) is 5.33. The minimum Gasteiger partial charge on any atom is -0.494 e. The summed E-state index contributed by atoms with van der Waals surface area (Å²) >= 11 is 0. The molecule has 1 N–H and O–H groups in total. The van der Waals surface area contributed by atoms with E-state index in [1.807, 2.05) is 26.0 Å². The average molecular weight is 293 g/mol. The van der Waals surface area contributed by atoms with E-state index in [0.29, 0.717) is 37.8 Å². The molecule has 0 spiro atoms. The number of carbonyl (C=O) groups is 1. The summed E-state index contributed by atoms with van der Waals surface area (Å²) in [7, 11) is 0. The van der Waals surface area contributed by atoms with Crippen molar-refractivity contribution in [2.24, 2.45) is 5.92 Å². The van der Waals surface area contributed by atoms with Gasteiger partial charge in [0.1, 0.15) is 5.75 Å². The van der Waals surface area contributed by atoms with E-state index in [4.69, 9.17) is 9.47 Å². The summed E-state index contributed by atoms with van der Waals surface area (Å²) < 4.78 is 11.0. The van der Waals surface area contributed by atoms with Crippen molar-refractivity contribution in [2.45, 2.75) is 40.7 Å². The van der Waals surface area contributed by atoms with Gasteiger partial charge in [0, 0.05) is 24.3 Å². The SMILES string of the molecule is CCOCc1cc(C(=O)NCCC(C)C)ccc1OCC. The van der Waals surface area contributed by atoms with Crippen molar-refractivity contribution < 1.29 is 14.3 Å². The van der Waals surface area contributed by atoms with Crippen LogP contribution < -0.4 is 10.1 Å². The quantitative estimate of drug-likeness (QED) is 0.759. The van der Waals surface area contributed by atoms with Gasteiger partial charge in [0.25, 0.3) is 5.91 Å². The van der Waals surface area contributed by atoms with Crippen LogP contribution in [0.25, 0.3) is 0 Å². The molecule has 1 rings (SSSR count). The smallest absolute Gasteiger partial charge is 0.251 e. The number of hydrogen-bond donors (Lipinski definition) is 1. The maximum Gasteiger partial charge on any atom is 0.251 e. The van der Waals surface area contributed by atoms with Gasteiger partial charge in [0.15, 0.2) is 0 Å². The number of benzene rings is 1. The van der Waals surface area contributed by atoms with Gasteiger partial charge in [-0.1, -0.05) is 13.8 Å². The van der Waals surface area contributed by atoms with Crippen LogP contribution in [-0.4, -0.2) is 25.7 Å². The fraction of sp³-hybridized carbons (Fsp3) is 0.588. The van der Waals surface area contributed by atoms with Crippen LogP contribution in [0.15, 0.2) is 18.2 Å². The molecule has 0 fully saturated rings. The molecule has 1 amide bonds. The van der Waals surface area contributed by atoms with Crippen LogP contribution in [-0.2, 0) is 11.3 Å². The van der Waals surface area contributed by atoms with Crippen molar-refractivity contribution in [3.8, 4) is 5.75 Å². The Morgan fingerprint density at radius 3 is 2.62 bits per heavy atom. The van der Waals surface area contributed by atoms with Crippen molar-refractivity contribution in [3.05, 3.63) is 29.3 Å². The number of nitrogens with one attached hydrogen (secondary N) is 1. The largest absolute Gasteiger partial charge is 0.494 e. The molecule has 0 heterocycles. The third-order valence-corrected chi connectivity index (χ3v) is 3.09. The summed E-state index contributed by atoms with van der Waals surface area (Å²) in [5.74, 6) is 1.32. The Morgan fingerprint density at radius 1 is 1.24 bits per heavy atom. The van der Waals surface area contributed by atoms with Crippen LogP contribution in [0.2, 0.25) is 0 Å². The van der Waals surface area contributed by atoms with Crippen molar-refractivity contribution in [1.82, 2.24) is 5.32 Å². The minimum atomic E-state index is -0.0450. The zero-order chi connectivity index (χ0) is 15.7. The Balaban J connectivity index is 2.75. The first kappa shape index (κ1) is 17.5. The topological polar surface area (TPSA) is 47.6 Å². The highest BCUT2D eigenvalue weighted by Gasteiger charge is 2.10. The van der Waals surface area contributed by atoms with E-state index in [-0.39, 0.29) is 5.91 Å². The molecule has 118 valence electrons. The van der Waals surface area contributed by atoms with Crippen molar-refractivity contribution in [3.63, 3.8) is 0 Å². The van der Waals surface area contributed by atoms with E-state index in [2.05, 4.69) is 19.2 Å². The second kappa shape index (κ2) is 9.40. The summed E-state index contributed by atoms with van der Waals surface area (Å²) in [4.78, 5) is 12.1. The first-order valence-electron chi connectivity index (χ1n) is 7.70. The predicted octanol–water partition coefficient (Wildman–Crippen LogP) is 3.40. The Kier molecular flexibility index (Phi) is 7.83. The zero-order valence-electron chi connectivity index (χ0n) is 13.6. The molecular weight excluding hydrogens is 266 g/mol. The van der Waals surface area contributed by atoms with Gasteiger partial charge < -0.3 is 14.8 Å². The molecule has 1 aromatic carbocycles. The van der Waals surface area contributed by atoms with Crippen LogP contribution >= 0.6 is 0 Å². The number of rotatable bonds is 9. The monoisotopic (exact) mass is 293 g/mol. The zero-order valence-corrected chi connectivity index (χ0v) is 13.6. The van der Waals surface area contributed by atoms with Crippen molar-refractivity contribution in [2.75, 3.05) is 19.8 Å². The summed E-state index contributed by atoms with van der Waals surface area (Å²) in [6.45, 7) is 10.6. The lowest BCUT2D eigenvalue weighted by Gasteiger charge is -2.13. The summed E-state index contributed by atoms with van der Waals surface area (Å²) in [6, 6.07) is 5.49. The highest BCUT2D eigenvalue weighted by molar-refractivity contribution is 5.94. The Labute approximate surface area is 127 Å². The molecule has 0 aromatic heterocycles. The molecule has 0 radical (unpaired) electrons. The van der Waals surface area contributed by atoms with Crippen LogP contribution in [0.3, 0.4) is 0 Å². The molecule has 4 nitrogen and oxygen atoms in total. The van der Waals surface area contributed by atoms with E-state index in [1.54, 1.807) is 6.07 Å². The molecule has 0 atom stereocenters. The normalized spacial score (nSPS) is 10.7. The highest BCUT2D eigenvalue weighted by Crippen LogP contribution is 2.21. The van der Waals surface area contributed by atoms with E-state index in [9.17, 15) is 4.79 Å². The lowest BCUT2D eigenvalue weighted by Crippen LogP contribution is -2.25. The number of hydrogen-bond acceptors (Lipinski definition) is 3. The lowest BCUT2D eigenvalue weighted by molar-refractivity contribution is 0.0951. The molecule has 0 saturated heterocycles. The average Bonchev–Trinajstić information content (AvgIpc) is 2.46. The van der Waals surface area contributed by atoms with Crippen molar-refractivity contribution in [1.29, 1.82) is 0 Å². The summed E-state index contributed by atoms with van der Waals surface area (Å²) in [5.41, 5.74) is 1.56. The maximum absolute atomic E-state index is 12.1. The van der Waals surface area contributed by atoms with E-state index >= 15 is 0 Å². The van der Waals surface area contributed by atoms with Crippen LogP contribution in [0.5, 0.6) is 5.75 Å². The van der Waals surface area contributed by atoms with Gasteiger partial charge in [-0.2, -0.15) is 0 Å². The molecule has 0 aliphatic carbocycles. The first-order chi connectivity index (χ1) is 10.1. The van der Waals surface area contributed by atoms with Gasteiger partial charge in [0.2, 0.25) is 0 Å². The number of amides is 1. The molecule has 1 aromatic rings. The standard InChI is InChI=1S/C17H27NO3/c1-5-20-12-15-11-14(7-8-16(15)21-6-2)17(19)18-10-9-13(3)4/h7-8,11,13H,5-6,9-10,12H2,1-4H3,(H,18,19). The van der Waals surface area contributed by atoms with Crippen LogP contribution in [0, 0.1) is 5.92 Å². The fourth-order valence-electron chi connectivity index (χ4n) is 1.92. The molecule has 0 aliphatic rings. The van der Waals surface area contributed by atoms with Gasteiger partial charge in [-0.15, -0.1) is 0 Å². The van der Waals surface area contributed by atoms with Gasteiger partial charge in [0.05, 0.1) is 13.2 Å². The molecule has 0 unspecified atom stereocenters. The summed E-state index contributed by atoms with van der Waals surface area (Å²) in [6.07, 6.45) is 0.981. The van der Waals surface area contributed by atoms with Crippen LogP contribution in [0.1, 0.15) is 50.0 Å². The number of ether oxygens (including phenoxy) is 2. The molecular formula is C17H27NO3. The maximum atomic E-state index is 12.1. The Hall–Kier alpha value is -1.55. The third kappa shape index (κ3) is 6.17. The van der Waals surface area contributed by atoms with Gasteiger partial charge in [-0.05, 0) is 44.4 Å². The molecule has 0 saturated carbocycles. The molecule has 21 heavy (non-hydrogen) atoms. The van der Waals surface area contributed by atoms with Gasteiger partial charge >= 0.3 is 0 Å². The van der Waals surface area contributed by atoms with E-state index in [1.165, 1.54) is 0 Å². The van der Waals surface area contributed by atoms with E-state index < -0.39 is 0 Å². The first-order valence-corrected chi connectivity index (χ1v) is 7.70. The van der Waals surface area contributed by atoms with E-state index in [0.717, 1.165) is 17.7 Å². The Morgan fingerprint density at radius 2 is 2.00 bits per heavy atom. The van der Waals surface area contributed by atoms with Gasteiger partial charge in [-0.3, -0.25) is 4.79 Å². The van der Waals surface area contributed by atoms with Crippen LogP contribution in [0.4, 0.5) is 0 Å². The Bertz CT molecular complexity index is 444. The molecule has 4 heteroatoms.